The summed E-state index contributed by atoms with van der Waals surface area (Å²) >= 11 is 12.5. The maximum atomic E-state index is 5.85. The summed E-state index contributed by atoms with van der Waals surface area (Å²) in [6.45, 7) is 0. The molecule has 2 aromatic rings. The lowest BCUT2D eigenvalue weighted by Crippen LogP contribution is -1.88. The van der Waals surface area contributed by atoms with Crippen LogP contribution in [0.4, 0.5) is 0 Å². The highest BCUT2D eigenvalue weighted by molar-refractivity contribution is 9.16. The molecule has 5 heteroatoms. The highest BCUT2D eigenvalue weighted by atomic mass is 79.9. The Morgan fingerprint density at radius 1 is 1.33 bits per heavy atom. The Bertz CT molecular complexity index is 540. The molecular formula is C10H5Br2ClN2. The standard InChI is InChI=1S/C10H5Br2ClN2/c11-4-7(12)10-5-14-9-3-6(13)1-2-8(9)15-10/h1-5H/b7-4+. The van der Waals surface area contributed by atoms with Gasteiger partial charge in [-0.1, -0.05) is 27.5 Å². The Morgan fingerprint density at radius 2 is 2.13 bits per heavy atom. The summed E-state index contributed by atoms with van der Waals surface area (Å²) in [5, 5.41) is 0.666. The fraction of sp³-hybridized carbons (Fsp3) is 0. The Kier molecular flexibility index (Phi) is 3.38. The molecule has 0 bridgehead atoms. The largest absolute Gasteiger partial charge is 0.252 e. The van der Waals surface area contributed by atoms with Gasteiger partial charge in [0.25, 0.3) is 0 Å². The molecule has 0 aliphatic rings. The molecule has 0 N–H and O–H groups in total. The number of rotatable bonds is 1. The molecule has 1 aromatic carbocycles. The fourth-order valence-electron chi connectivity index (χ4n) is 1.15. The Hall–Kier alpha value is -0.450. The molecule has 0 atom stereocenters. The van der Waals surface area contributed by atoms with Crippen LogP contribution in [-0.2, 0) is 0 Å². The second-order valence-electron chi connectivity index (χ2n) is 2.85. The lowest BCUT2D eigenvalue weighted by Gasteiger charge is -2.00. The minimum atomic E-state index is 0.666. The van der Waals surface area contributed by atoms with Crippen molar-refractivity contribution in [2.24, 2.45) is 0 Å². The summed E-state index contributed by atoms with van der Waals surface area (Å²) in [6.07, 6.45) is 1.69. The molecule has 0 aliphatic carbocycles. The van der Waals surface area contributed by atoms with Crippen molar-refractivity contribution in [1.82, 2.24) is 9.97 Å². The Labute approximate surface area is 109 Å². The van der Waals surface area contributed by atoms with E-state index in [1.54, 1.807) is 23.3 Å². The van der Waals surface area contributed by atoms with Crippen LogP contribution in [0.1, 0.15) is 5.69 Å². The van der Waals surface area contributed by atoms with Gasteiger partial charge in [0.15, 0.2) is 0 Å². The SMILES string of the molecule is Clc1ccc2nc(/C(Br)=C\Br)cnc2c1. The van der Waals surface area contributed by atoms with Gasteiger partial charge in [-0.25, -0.2) is 4.98 Å². The lowest BCUT2D eigenvalue weighted by molar-refractivity contribution is 1.26. The summed E-state index contributed by atoms with van der Waals surface area (Å²) in [6, 6.07) is 5.44. The van der Waals surface area contributed by atoms with Crippen LogP contribution in [0, 0.1) is 0 Å². The lowest BCUT2D eigenvalue weighted by atomic mass is 10.3. The molecule has 0 saturated carbocycles. The van der Waals surface area contributed by atoms with E-state index in [0.29, 0.717) is 5.02 Å². The van der Waals surface area contributed by atoms with E-state index in [-0.39, 0.29) is 0 Å². The van der Waals surface area contributed by atoms with Gasteiger partial charge in [-0.3, -0.25) is 4.98 Å². The van der Waals surface area contributed by atoms with Crippen molar-refractivity contribution in [3.8, 4) is 0 Å². The third-order valence-electron chi connectivity index (χ3n) is 1.84. The van der Waals surface area contributed by atoms with Crippen LogP contribution in [0.3, 0.4) is 0 Å². The summed E-state index contributed by atoms with van der Waals surface area (Å²) in [4.78, 5) is 10.4. The zero-order chi connectivity index (χ0) is 10.8. The van der Waals surface area contributed by atoms with Gasteiger partial charge in [0.2, 0.25) is 0 Å². The molecule has 0 amide bonds. The molecule has 0 radical (unpaired) electrons. The number of benzene rings is 1. The first-order chi connectivity index (χ1) is 7.20. The fourth-order valence-corrected chi connectivity index (χ4v) is 1.75. The predicted molar refractivity (Wildman–Crippen MR) is 70.4 cm³/mol. The van der Waals surface area contributed by atoms with E-state index in [0.717, 1.165) is 21.2 Å². The molecule has 0 aliphatic heterocycles. The molecule has 1 heterocycles. The van der Waals surface area contributed by atoms with Crippen molar-refractivity contribution in [3.05, 3.63) is 40.1 Å². The van der Waals surface area contributed by atoms with E-state index in [1.807, 2.05) is 6.07 Å². The van der Waals surface area contributed by atoms with E-state index < -0.39 is 0 Å². The molecule has 0 spiro atoms. The minimum Gasteiger partial charge on any atom is -0.252 e. The zero-order valence-electron chi connectivity index (χ0n) is 7.42. The number of nitrogens with zero attached hydrogens (tertiary/aromatic N) is 2. The minimum absolute atomic E-state index is 0.666. The normalized spacial score (nSPS) is 12.1. The van der Waals surface area contributed by atoms with E-state index in [1.165, 1.54) is 0 Å². The number of halogens is 3. The van der Waals surface area contributed by atoms with Crippen molar-refractivity contribution < 1.29 is 0 Å². The van der Waals surface area contributed by atoms with Gasteiger partial charge in [0, 0.05) is 5.02 Å². The highest BCUT2D eigenvalue weighted by Gasteiger charge is 2.02. The summed E-state index contributed by atoms with van der Waals surface area (Å²) in [5.41, 5.74) is 2.39. The predicted octanol–water partition coefficient (Wildman–Crippen LogP) is 4.37. The molecule has 76 valence electrons. The van der Waals surface area contributed by atoms with E-state index in [2.05, 4.69) is 41.8 Å². The highest BCUT2D eigenvalue weighted by Crippen LogP contribution is 2.23. The smallest absolute Gasteiger partial charge is 0.0967 e. The Morgan fingerprint density at radius 3 is 2.87 bits per heavy atom. The van der Waals surface area contributed by atoms with Gasteiger partial charge in [0.1, 0.15) is 0 Å². The zero-order valence-corrected chi connectivity index (χ0v) is 11.3. The van der Waals surface area contributed by atoms with Crippen molar-refractivity contribution >= 4 is 59.0 Å². The van der Waals surface area contributed by atoms with Gasteiger partial charge in [0.05, 0.1) is 27.4 Å². The van der Waals surface area contributed by atoms with Crippen molar-refractivity contribution in [1.29, 1.82) is 0 Å². The maximum absolute atomic E-state index is 5.85. The molecule has 0 unspecified atom stereocenters. The molecule has 1 aromatic heterocycles. The van der Waals surface area contributed by atoms with Crippen molar-refractivity contribution in [2.45, 2.75) is 0 Å². The third-order valence-corrected chi connectivity index (χ3v) is 3.79. The molecular weight excluding hydrogens is 343 g/mol. The third kappa shape index (κ3) is 2.38. The van der Waals surface area contributed by atoms with Crippen LogP contribution >= 0.6 is 43.5 Å². The average Bonchev–Trinajstić information content (AvgIpc) is 2.27. The Balaban J connectivity index is 2.62. The maximum Gasteiger partial charge on any atom is 0.0967 e. The monoisotopic (exact) mass is 346 g/mol. The van der Waals surface area contributed by atoms with Gasteiger partial charge in [-0.15, -0.1) is 0 Å². The number of fused-ring (bicyclic) bond motifs is 1. The summed E-state index contributed by atoms with van der Waals surface area (Å²) < 4.78 is 0.854. The molecule has 0 saturated heterocycles. The van der Waals surface area contributed by atoms with Crippen LogP contribution < -0.4 is 0 Å². The second-order valence-corrected chi connectivity index (χ2v) is 4.59. The number of hydrogen-bond acceptors (Lipinski definition) is 2. The van der Waals surface area contributed by atoms with Gasteiger partial charge < -0.3 is 0 Å². The van der Waals surface area contributed by atoms with Crippen LogP contribution in [0.2, 0.25) is 5.02 Å². The van der Waals surface area contributed by atoms with Crippen LogP contribution in [0.15, 0.2) is 29.4 Å². The van der Waals surface area contributed by atoms with Gasteiger partial charge >= 0.3 is 0 Å². The quantitative estimate of drug-likeness (QED) is 0.765. The first kappa shape index (κ1) is 11.0. The first-order valence-corrected chi connectivity index (χ1v) is 6.18. The second kappa shape index (κ2) is 4.60. The molecule has 2 nitrogen and oxygen atoms in total. The molecule has 15 heavy (non-hydrogen) atoms. The molecule has 0 fully saturated rings. The number of aromatic nitrogens is 2. The van der Waals surface area contributed by atoms with Crippen molar-refractivity contribution in [3.63, 3.8) is 0 Å². The van der Waals surface area contributed by atoms with E-state index >= 15 is 0 Å². The van der Waals surface area contributed by atoms with Gasteiger partial charge in [-0.05, 0) is 39.1 Å². The number of hydrogen-bond donors (Lipinski definition) is 0. The topological polar surface area (TPSA) is 25.8 Å². The van der Waals surface area contributed by atoms with Crippen LogP contribution in [0.25, 0.3) is 15.5 Å². The summed E-state index contributed by atoms with van der Waals surface area (Å²) in [7, 11) is 0. The summed E-state index contributed by atoms with van der Waals surface area (Å²) in [5.74, 6) is 0. The first-order valence-electron chi connectivity index (χ1n) is 4.09. The van der Waals surface area contributed by atoms with Crippen LogP contribution in [-0.4, -0.2) is 9.97 Å². The average molecular weight is 348 g/mol. The van der Waals surface area contributed by atoms with E-state index in [4.69, 9.17) is 11.6 Å². The van der Waals surface area contributed by atoms with Gasteiger partial charge in [-0.2, -0.15) is 0 Å². The van der Waals surface area contributed by atoms with E-state index in [9.17, 15) is 0 Å². The molecule has 2 rings (SSSR count). The van der Waals surface area contributed by atoms with Crippen LogP contribution in [0.5, 0.6) is 0 Å². The van der Waals surface area contributed by atoms with Crippen molar-refractivity contribution in [2.75, 3.05) is 0 Å².